The highest BCUT2D eigenvalue weighted by Gasteiger charge is 2.22. The Morgan fingerprint density at radius 1 is 0.867 bits per heavy atom. The minimum atomic E-state index is -0.585. The number of para-hydroxylation sites is 1. The molecule has 0 radical (unpaired) electrons. The predicted molar refractivity (Wildman–Crippen MR) is 110 cm³/mol. The van der Waals surface area contributed by atoms with Crippen LogP contribution in [0, 0.1) is 0 Å². The van der Waals surface area contributed by atoms with Crippen LogP contribution in [0.5, 0.6) is 11.5 Å². The van der Waals surface area contributed by atoms with Crippen LogP contribution in [0.15, 0.2) is 52.9 Å². The maximum Gasteiger partial charge on any atom is 0.374 e. The quantitative estimate of drug-likeness (QED) is 0.453. The van der Waals surface area contributed by atoms with E-state index in [9.17, 15) is 9.59 Å². The van der Waals surface area contributed by atoms with Crippen molar-refractivity contribution in [3.05, 3.63) is 59.9 Å². The number of carbonyl (C=O) groups excluding carboxylic acids is 2. The maximum atomic E-state index is 12.2. The molecule has 0 amide bonds. The van der Waals surface area contributed by atoms with Crippen LogP contribution in [0.4, 0.5) is 0 Å². The number of furan rings is 1. The molecule has 0 unspecified atom stereocenters. The average molecular weight is 412 g/mol. The second-order valence-electron chi connectivity index (χ2n) is 6.29. The Kier molecular flexibility index (Phi) is 7.32. The first-order chi connectivity index (χ1) is 14.6. The number of hydrogen-bond donors (Lipinski definition) is 0. The van der Waals surface area contributed by atoms with E-state index in [1.165, 1.54) is 0 Å². The van der Waals surface area contributed by atoms with Gasteiger partial charge < -0.3 is 23.4 Å². The van der Waals surface area contributed by atoms with Gasteiger partial charge in [0.15, 0.2) is 0 Å². The lowest BCUT2D eigenvalue weighted by molar-refractivity contribution is -0.145. The molecule has 2 aromatic carbocycles. The van der Waals surface area contributed by atoms with Crippen molar-refractivity contribution in [2.75, 3.05) is 19.8 Å². The Bertz CT molecular complexity index is 988. The molecule has 7 nitrogen and oxygen atoms in total. The van der Waals surface area contributed by atoms with Crippen LogP contribution >= 0.6 is 0 Å². The molecule has 0 aliphatic rings. The molecule has 0 atom stereocenters. The number of ether oxygens (including phenoxy) is 4. The Hall–Kier alpha value is -3.48. The first-order valence-corrected chi connectivity index (χ1v) is 9.81. The molecule has 0 saturated heterocycles. The van der Waals surface area contributed by atoms with Crippen molar-refractivity contribution in [1.82, 2.24) is 0 Å². The van der Waals surface area contributed by atoms with Crippen LogP contribution in [-0.2, 0) is 20.9 Å². The molecule has 7 heteroatoms. The number of fused-ring (bicyclic) bond motifs is 1. The minimum Gasteiger partial charge on any atom is -0.494 e. The molecule has 3 aromatic rings. The number of benzene rings is 2. The normalized spacial score (nSPS) is 10.6. The third kappa shape index (κ3) is 5.31. The Labute approximate surface area is 174 Å². The molecule has 1 heterocycles. The van der Waals surface area contributed by atoms with Gasteiger partial charge in [0.25, 0.3) is 0 Å². The van der Waals surface area contributed by atoms with Crippen molar-refractivity contribution in [2.24, 2.45) is 0 Å². The van der Waals surface area contributed by atoms with Crippen LogP contribution in [0.3, 0.4) is 0 Å². The summed E-state index contributed by atoms with van der Waals surface area (Å²) in [6, 6.07) is 14.3. The van der Waals surface area contributed by atoms with Gasteiger partial charge in [-0.1, -0.05) is 18.2 Å². The van der Waals surface area contributed by atoms with E-state index in [-0.39, 0.29) is 32.0 Å². The highest BCUT2D eigenvalue weighted by molar-refractivity contribution is 5.96. The van der Waals surface area contributed by atoms with Crippen molar-refractivity contribution in [3.63, 3.8) is 0 Å². The molecule has 0 bridgehead atoms. The molecule has 1 aromatic heterocycles. The number of esters is 2. The van der Waals surface area contributed by atoms with E-state index in [1.807, 2.05) is 13.0 Å². The molecule has 0 aliphatic heterocycles. The average Bonchev–Trinajstić information content (AvgIpc) is 3.13. The summed E-state index contributed by atoms with van der Waals surface area (Å²) < 4.78 is 26.9. The van der Waals surface area contributed by atoms with Gasteiger partial charge in [-0.15, -0.1) is 0 Å². The maximum absolute atomic E-state index is 12.2. The summed E-state index contributed by atoms with van der Waals surface area (Å²) in [5.74, 6) is 0.418. The van der Waals surface area contributed by atoms with Gasteiger partial charge in [0, 0.05) is 5.39 Å². The summed E-state index contributed by atoms with van der Waals surface area (Å²) in [5.41, 5.74) is 1.02. The zero-order chi connectivity index (χ0) is 21.3. The number of rotatable bonds is 10. The van der Waals surface area contributed by atoms with Gasteiger partial charge >= 0.3 is 11.9 Å². The molecule has 3 rings (SSSR count). The van der Waals surface area contributed by atoms with E-state index in [0.29, 0.717) is 28.9 Å². The van der Waals surface area contributed by atoms with Crippen molar-refractivity contribution in [2.45, 2.75) is 26.9 Å². The second-order valence-corrected chi connectivity index (χ2v) is 6.29. The van der Waals surface area contributed by atoms with Gasteiger partial charge in [0.2, 0.25) is 5.76 Å². The highest BCUT2D eigenvalue weighted by Crippen LogP contribution is 2.27. The topological polar surface area (TPSA) is 84.2 Å². The molecule has 0 N–H and O–H groups in total. The Morgan fingerprint density at radius 3 is 2.27 bits per heavy atom. The summed E-state index contributed by atoms with van der Waals surface area (Å²) >= 11 is 0. The SMILES string of the molecule is CCOC(=O)c1oc2ccccc2c1COC(=O)CCOc1ccc(OCC)cc1. The second kappa shape index (κ2) is 10.3. The highest BCUT2D eigenvalue weighted by atomic mass is 16.5. The molecule has 0 saturated carbocycles. The lowest BCUT2D eigenvalue weighted by Gasteiger charge is -2.08. The van der Waals surface area contributed by atoms with E-state index in [1.54, 1.807) is 49.4 Å². The van der Waals surface area contributed by atoms with Crippen LogP contribution < -0.4 is 9.47 Å². The van der Waals surface area contributed by atoms with Crippen LogP contribution in [0.2, 0.25) is 0 Å². The van der Waals surface area contributed by atoms with E-state index in [0.717, 1.165) is 5.75 Å². The first kappa shape index (κ1) is 21.2. The Morgan fingerprint density at radius 2 is 1.57 bits per heavy atom. The van der Waals surface area contributed by atoms with Crippen LogP contribution in [0.1, 0.15) is 36.4 Å². The van der Waals surface area contributed by atoms with Gasteiger partial charge in [-0.05, 0) is 44.2 Å². The summed E-state index contributed by atoms with van der Waals surface area (Å²) in [7, 11) is 0. The molecule has 0 aliphatic carbocycles. The fourth-order valence-electron chi connectivity index (χ4n) is 2.88. The zero-order valence-corrected chi connectivity index (χ0v) is 17.0. The monoisotopic (exact) mass is 412 g/mol. The van der Waals surface area contributed by atoms with E-state index < -0.39 is 11.9 Å². The minimum absolute atomic E-state index is 0.0523. The van der Waals surface area contributed by atoms with Gasteiger partial charge in [0.1, 0.15) is 23.7 Å². The molecule has 158 valence electrons. The summed E-state index contributed by atoms with van der Waals surface area (Å²) in [5, 5.41) is 0.707. The van der Waals surface area contributed by atoms with Gasteiger partial charge in [0.05, 0.1) is 31.8 Å². The zero-order valence-electron chi connectivity index (χ0n) is 17.0. The van der Waals surface area contributed by atoms with Gasteiger partial charge in [-0.25, -0.2) is 4.79 Å². The number of hydrogen-bond acceptors (Lipinski definition) is 7. The van der Waals surface area contributed by atoms with Crippen LogP contribution in [0.25, 0.3) is 11.0 Å². The fourth-order valence-corrected chi connectivity index (χ4v) is 2.88. The smallest absolute Gasteiger partial charge is 0.374 e. The summed E-state index contributed by atoms with van der Waals surface area (Å²) in [6.07, 6.45) is 0.0672. The molecular weight excluding hydrogens is 388 g/mol. The van der Waals surface area contributed by atoms with Crippen molar-refractivity contribution < 1.29 is 33.0 Å². The fraction of sp³-hybridized carbons (Fsp3) is 0.304. The molecule has 30 heavy (non-hydrogen) atoms. The molecule has 0 spiro atoms. The molecule has 0 fully saturated rings. The number of carbonyl (C=O) groups is 2. The van der Waals surface area contributed by atoms with E-state index in [2.05, 4.69) is 0 Å². The predicted octanol–water partition coefficient (Wildman–Crippen LogP) is 4.52. The van der Waals surface area contributed by atoms with Crippen molar-refractivity contribution in [3.8, 4) is 11.5 Å². The first-order valence-electron chi connectivity index (χ1n) is 9.81. The van der Waals surface area contributed by atoms with Crippen LogP contribution in [-0.4, -0.2) is 31.8 Å². The largest absolute Gasteiger partial charge is 0.494 e. The van der Waals surface area contributed by atoms with Crippen molar-refractivity contribution in [1.29, 1.82) is 0 Å². The standard InChI is InChI=1S/C23H24O7/c1-3-26-16-9-11-17(12-10-16)28-14-13-21(24)29-15-19-18-7-5-6-8-20(18)30-22(19)23(25)27-4-2/h5-12H,3-4,13-15H2,1-2H3. The summed E-state index contributed by atoms with van der Waals surface area (Å²) in [4.78, 5) is 24.3. The third-order valence-electron chi connectivity index (χ3n) is 4.25. The van der Waals surface area contributed by atoms with E-state index in [4.69, 9.17) is 23.4 Å². The van der Waals surface area contributed by atoms with Gasteiger partial charge in [-0.2, -0.15) is 0 Å². The van der Waals surface area contributed by atoms with Crippen molar-refractivity contribution >= 4 is 22.9 Å². The lowest BCUT2D eigenvalue weighted by Crippen LogP contribution is -2.12. The lowest BCUT2D eigenvalue weighted by atomic mass is 10.1. The summed E-state index contributed by atoms with van der Waals surface area (Å²) in [6.45, 7) is 4.52. The van der Waals surface area contributed by atoms with E-state index >= 15 is 0 Å². The van der Waals surface area contributed by atoms with Gasteiger partial charge in [-0.3, -0.25) is 4.79 Å². The Balaban J connectivity index is 1.56. The molecular formula is C23H24O7. The third-order valence-corrected chi connectivity index (χ3v) is 4.25.